The van der Waals surface area contributed by atoms with Crippen molar-refractivity contribution in [2.45, 2.75) is 25.8 Å². The lowest BCUT2D eigenvalue weighted by molar-refractivity contribution is 0.393. The Balaban J connectivity index is 2.17. The molecule has 0 aliphatic rings. The molecule has 1 N–H and O–H groups in total. The molecule has 0 saturated heterocycles. The SMILES string of the molecule is CCCNC(Cc1nnn(C)n1)c1cc(OC)ncn1. The second-order valence-corrected chi connectivity index (χ2v) is 4.39. The number of nitrogens with zero attached hydrogens (tertiary/aromatic N) is 6. The molecule has 1 atom stereocenters. The van der Waals surface area contributed by atoms with Crippen molar-refractivity contribution >= 4 is 0 Å². The van der Waals surface area contributed by atoms with Crippen molar-refractivity contribution in [3.05, 3.63) is 23.9 Å². The van der Waals surface area contributed by atoms with Gasteiger partial charge in [-0.1, -0.05) is 6.92 Å². The van der Waals surface area contributed by atoms with Crippen LogP contribution in [0.2, 0.25) is 0 Å². The summed E-state index contributed by atoms with van der Waals surface area (Å²) in [7, 11) is 3.34. The largest absolute Gasteiger partial charge is 0.481 e. The zero-order valence-corrected chi connectivity index (χ0v) is 11.9. The quantitative estimate of drug-likeness (QED) is 0.778. The van der Waals surface area contributed by atoms with E-state index in [0.29, 0.717) is 18.1 Å². The number of methoxy groups -OCH3 is 1. The average molecular weight is 277 g/mol. The minimum absolute atomic E-state index is 0.0102. The first kappa shape index (κ1) is 14.3. The first-order chi connectivity index (χ1) is 9.72. The summed E-state index contributed by atoms with van der Waals surface area (Å²) in [6.45, 7) is 3.00. The molecule has 2 aromatic heterocycles. The lowest BCUT2D eigenvalue weighted by atomic mass is 10.1. The van der Waals surface area contributed by atoms with Gasteiger partial charge in [0.05, 0.1) is 25.9 Å². The second kappa shape index (κ2) is 6.90. The molecule has 0 spiro atoms. The van der Waals surface area contributed by atoms with Crippen molar-refractivity contribution in [2.24, 2.45) is 7.05 Å². The smallest absolute Gasteiger partial charge is 0.216 e. The van der Waals surface area contributed by atoms with Crippen LogP contribution in [0.3, 0.4) is 0 Å². The highest BCUT2D eigenvalue weighted by atomic mass is 16.5. The minimum Gasteiger partial charge on any atom is -0.481 e. The van der Waals surface area contributed by atoms with Crippen LogP contribution in [0.1, 0.15) is 30.9 Å². The van der Waals surface area contributed by atoms with Crippen molar-refractivity contribution in [1.29, 1.82) is 0 Å². The maximum atomic E-state index is 5.14. The molecule has 0 fully saturated rings. The number of aromatic nitrogens is 6. The van der Waals surface area contributed by atoms with Crippen LogP contribution in [0.4, 0.5) is 0 Å². The van der Waals surface area contributed by atoms with Gasteiger partial charge in [0.25, 0.3) is 0 Å². The maximum absolute atomic E-state index is 5.14. The molecule has 0 bridgehead atoms. The number of nitrogens with one attached hydrogen (secondary N) is 1. The Morgan fingerprint density at radius 3 is 2.90 bits per heavy atom. The zero-order chi connectivity index (χ0) is 14.4. The molecule has 0 radical (unpaired) electrons. The number of hydrogen-bond acceptors (Lipinski definition) is 7. The highest BCUT2D eigenvalue weighted by Gasteiger charge is 2.17. The Labute approximate surface area is 117 Å². The van der Waals surface area contributed by atoms with E-state index >= 15 is 0 Å². The standard InChI is InChI=1S/C12H19N7O/c1-4-5-13-9(6-11-16-18-19(2)17-11)10-7-12(20-3)15-8-14-10/h7-9,13H,4-6H2,1-3H3. The Hall–Kier alpha value is -2.09. The van der Waals surface area contributed by atoms with E-state index in [1.807, 2.05) is 6.07 Å². The summed E-state index contributed by atoms with van der Waals surface area (Å²) in [4.78, 5) is 9.78. The lowest BCUT2D eigenvalue weighted by Crippen LogP contribution is -2.25. The highest BCUT2D eigenvalue weighted by Crippen LogP contribution is 2.17. The van der Waals surface area contributed by atoms with Crippen molar-refractivity contribution in [3.8, 4) is 5.88 Å². The summed E-state index contributed by atoms with van der Waals surface area (Å²) in [5.74, 6) is 1.23. The van der Waals surface area contributed by atoms with Gasteiger partial charge in [-0.05, 0) is 18.2 Å². The summed E-state index contributed by atoms with van der Waals surface area (Å²) in [6, 6.07) is 1.83. The van der Waals surface area contributed by atoms with E-state index in [4.69, 9.17) is 4.74 Å². The Bertz CT molecular complexity index is 542. The van der Waals surface area contributed by atoms with Gasteiger partial charge >= 0.3 is 0 Å². The fraction of sp³-hybridized carbons (Fsp3) is 0.583. The van der Waals surface area contributed by atoms with Gasteiger partial charge in [0.15, 0.2) is 5.82 Å². The topological polar surface area (TPSA) is 90.6 Å². The maximum Gasteiger partial charge on any atom is 0.216 e. The predicted molar refractivity (Wildman–Crippen MR) is 72.1 cm³/mol. The third kappa shape index (κ3) is 3.70. The zero-order valence-electron chi connectivity index (χ0n) is 11.9. The third-order valence-electron chi connectivity index (χ3n) is 2.81. The molecule has 0 saturated carbocycles. The Morgan fingerprint density at radius 2 is 2.25 bits per heavy atom. The van der Waals surface area contributed by atoms with Gasteiger partial charge in [-0.3, -0.25) is 0 Å². The molecule has 1 unspecified atom stereocenters. The van der Waals surface area contributed by atoms with Gasteiger partial charge in [0, 0.05) is 12.5 Å². The van der Waals surface area contributed by atoms with Crippen LogP contribution in [0.15, 0.2) is 12.4 Å². The minimum atomic E-state index is 0.0102. The molecule has 20 heavy (non-hydrogen) atoms. The van der Waals surface area contributed by atoms with Crippen molar-refractivity contribution in [3.63, 3.8) is 0 Å². The van der Waals surface area contributed by atoms with E-state index < -0.39 is 0 Å². The van der Waals surface area contributed by atoms with Crippen LogP contribution >= 0.6 is 0 Å². The van der Waals surface area contributed by atoms with Gasteiger partial charge in [0.1, 0.15) is 6.33 Å². The molecule has 0 aromatic carbocycles. The summed E-state index contributed by atoms with van der Waals surface area (Å²) >= 11 is 0. The van der Waals surface area contributed by atoms with E-state index in [0.717, 1.165) is 18.7 Å². The molecule has 0 aliphatic carbocycles. The molecule has 108 valence electrons. The van der Waals surface area contributed by atoms with Crippen molar-refractivity contribution < 1.29 is 4.74 Å². The van der Waals surface area contributed by atoms with Crippen LogP contribution in [-0.4, -0.2) is 43.8 Å². The van der Waals surface area contributed by atoms with Crippen molar-refractivity contribution in [1.82, 2.24) is 35.5 Å². The van der Waals surface area contributed by atoms with Gasteiger partial charge in [-0.25, -0.2) is 9.97 Å². The van der Waals surface area contributed by atoms with E-state index in [1.54, 1.807) is 14.2 Å². The van der Waals surface area contributed by atoms with Crippen LogP contribution < -0.4 is 10.1 Å². The van der Waals surface area contributed by atoms with Gasteiger partial charge < -0.3 is 10.1 Å². The number of rotatable bonds is 7. The molecule has 8 nitrogen and oxygen atoms in total. The van der Waals surface area contributed by atoms with Crippen LogP contribution in [0.5, 0.6) is 5.88 Å². The number of aryl methyl sites for hydroxylation is 1. The fourth-order valence-electron chi connectivity index (χ4n) is 1.84. The number of tetrazole rings is 1. The Kier molecular flexibility index (Phi) is 4.94. The second-order valence-electron chi connectivity index (χ2n) is 4.39. The Morgan fingerprint density at radius 1 is 1.40 bits per heavy atom. The van der Waals surface area contributed by atoms with Crippen LogP contribution in [0, 0.1) is 0 Å². The molecule has 2 aromatic rings. The van der Waals surface area contributed by atoms with Gasteiger partial charge in [0.2, 0.25) is 5.88 Å². The van der Waals surface area contributed by atoms with Crippen LogP contribution in [0.25, 0.3) is 0 Å². The van der Waals surface area contributed by atoms with E-state index in [-0.39, 0.29) is 6.04 Å². The first-order valence-electron chi connectivity index (χ1n) is 6.55. The molecular weight excluding hydrogens is 258 g/mol. The highest BCUT2D eigenvalue weighted by molar-refractivity contribution is 5.17. The monoisotopic (exact) mass is 277 g/mol. The molecular formula is C12H19N7O. The molecule has 8 heteroatoms. The van der Waals surface area contributed by atoms with E-state index in [2.05, 4.69) is 37.6 Å². The van der Waals surface area contributed by atoms with Gasteiger partial charge in [-0.2, -0.15) is 4.80 Å². The lowest BCUT2D eigenvalue weighted by Gasteiger charge is -2.16. The van der Waals surface area contributed by atoms with E-state index in [1.165, 1.54) is 11.1 Å². The fourth-order valence-corrected chi connectivity index (χ4v) is 1.84. The summed E-state index contributed by atoms with van der Waals surface area (Å²) in [5.41, 5.74) is 0.859. The summed E-state index contributed by atoms with van der Waals surface area (Å²) in [6.07, 6.45) is 3.15. The molecule has 2 rings (SSSR count). The normalized spacial score (nSPS) is 12.3. The molecule has 0 amide bonds. The van der Waals surface area contributed by atoms with Gasteiger partial charge in [-0.15, -0.1) is 10.2 Å². The van der Waals surface area contributed by atoms with E-state index in [9.17, 15) is 0 Å². The van der Waals surface area contributed by atoms with Crippen molar-refractivity contribution in [2.75, 3.05) is 13.7 Å². The predicted octanol–water partition coefficient (Wildman–Crippen LogP) is 0.292. The number of ether oxygens (including phenoxy) is 1. The van der Waals surface area contributed by atoms with Crippen LogP contribution in [-0.2, 0) is 13.5 Å². The third-order valence-corrected chi connectivity index (χ3v) is 2.81. The summed E-state index contributed by atoms with van der Waals surface area (Å²) in [5, 5.41) is 15.5. The average Bonchev–Trinajstić information content (AvgIpc) is 2.88. The molecule has 0 aliphatic heterocycles. The first-order valence-corrected chi connectivity index (χ1v) is 6.55. The molecule has 2 heterocycles. The number of hydrogen-bond donors (Lipinski definition) is 1. The summed E-state index contributed by atoms with van der Waals surface area (Å²) < 4.78 is 5.14.